The summed E-state index contributed by atoms with van der Waals surface area (Å²) in [7, 11) is -1.70. The van der Waals surface area contributed by atoms with Crippen molar-refractivity contribution in [2.75, 3.05) is 20.1 Å². The summed E-state index contributed by atoms with van der Waals surface area (Å²) in [6.07, 6.45) is 1.10. The van der Waals surface area contributed by atoms with Crippen molar-refractivity contribution in [1.82, 2.24) is 8.61 Å². The van der Waals surface area contributed by atoms with Crippen LogP contribution in [0.4, 0.5) is 0 Å². The molecule has 0 aliphatic carbocycles. The molecular weight excluding hydrogens is 360 g/mol. The first kappa shape index (κ1) is 16.4. The van der Waals surface area contributed by atoms with E-state index in [1.54, 1.807) is 22.7 Å². The summed E-state index contributed by atoms with van der Waals surface area (Å²) in [5.41, 5.74) is 0. The number of hydrogen-bond acceptors (Lipinski definition) is 3. The van der Waals surface area contributed by atoms with Crippen molar-refractivity contribution in [2.45, 2.75) is 26.8 Å². The van der Waals surface area contributed by atoms with Gasteiger partial charge in [0.15, 0.2) is 0 Å². The van der Waals surface area contributed by atoms with Gasteiger partial charge in [0.1, 0.15) is 0 Å². The number of halogens is 1. The van der Waals surface area contributed by atoms with Gasteiger partial charge in [0, 0.05) is 31.6 Å². The first-order chi connectivity index (χ1) is 9.29. The van der Waals surface area contributed by atoms with Crippen LogP contribution in [-0.4, -0.2) is 37.2 Å². The van der Waals surface area contributed by atoms with E-state index in [0.717, 1.165) is 15.1 Å². The van der Waals surface area contributed by atoms with Crippen LogP contribution in [0.25, 0.3) is 0 Å². The van der Waals surface area contributed by atoms with Gasteiger partial charge in [0.05, 0.1) is 3.79 Å². The molecule has 2 atom stereocenters. The predicted octanol–water partition coefficient (Wildman–Crippen LogP) is 3.17. The smallest absolute Gasteiger partial charge is 0.195 e. The van der Waals surface area contributed by atoms with Gasteiger partial charge in [-0.15, -0.1) is 11.3 Å². The Labute approximate surface area is 134 Å². The van der Waals surface area contributed by atoms with Gasteiger partial charge < -0.3 is 0 Å². The van der Waals surface area contributed by atoms with Gasteiger partial charge in [0.2, 0.25) is 0 Å². The molecule has 1 aromatic rings. The third-order valence-corrected chi connectivity index (χ3v) is 7.04. The van der Waals surface area contributed by atoms with Crippen LogP contribution < -0.4 is 0 Å². The Balaban J connectivity index is 2.08. The van der Waals surface area contributed by atoms with Gasteiger partial charge in [-0.2, -0.15) is 17.0 Å². The van der Waals surface area contributed by atoms with Gasteiger partial charge >= 0.3 is 0 Å². The fourth-order valence-electron chi connectivity index (χ4n) is 2.73. The molecule has 7 heteroatoms. The lowest BCUT2D eigenvalue weighted by molar-refractivity contribution is 0.211. The van der Waals surface area contributed by atoms with Crippen LogP contribution in [0.3, 0.4) is 0 Å². The maximum atomic E-state index is 12.6. The number of hydrogen-bond donors (Lipinski definition) is 0. The molecule has 2 heterocycles. The second-order valence-corrected chi connectivity index (χ2v) is 10.3. The number of thiophene rings is 1. The molecule has 2 unspecified atom stereocenters. The van der Waals surface area contributed by atoms with Crippen LogP contribution in [0, 0.1) is 11.8 Å². The highest BCUT2D eigenvalue weighted by atomic mass is 79.9. The molecule has 0 spiro atoms. The molecule has 1 saturated heterocycles. The summed E-state index contributed by atoms with van der Waals surface area (Å²) in [6.45, 7) is 5.93. The lowest BCUT2D eigenvalue weighted by atomic mass is 9.94. The molecule has 1 fully saturated rings. The second-order valence-electron chi connectivity index (χ2n) is 5.73. The minimum atomic E-state index is -3.36. The SMILES string of the molecule is CC1CC(C)CN(S(=O)(=O)N(C)Cc2ccc(Br)s2)C1. The summed E-state index contributed by atoms with van der Waals surface area (Å²) < 4.78 is 29.4. The highest BCUT2D eigenvalue weighted by Gasteiger charge is 2.33. The first-order valence-corrected chi connectivity index (χ1v) is 9.75. The largest absolute Gasteiger partial charge is 0.282 e. The van der Waals surface area contributed by atoms with Crippen LogP contribution in [0.5, 0.6) is 0 Å². The Kier molecular flexibility index (Phi) is 5.29. The zero-order valence-corrected chi connectivity index (χ0v) is 15.3. The highest BCUT2D eigenvalue weighted by Crippen LogP contribution is 2.27. The third kappa shape index (κ3) is 3.82. The minimum Gasteiger partial charge on any atom is -0.195 e. The fraction of sp³-hybridized carbons (Fsp3) is 0.692. The van der Waals surface area contributed by atoms with Crippen molar-refractivity contribution in [2.24, 2.45) is 11.8 Å². The molecule has 0 radical (unpaired) electrons. The van der Waals surface area contributed by atoms with E-state index in [1.807, 2.05) is 12.1 Å². The van der Waals surface area contributed by atoms with E-state index in [1.165, 1.54) is 4.31 Å². The molecule has 1 aromatic heterocycles. The Morgan fingerprint density at radius 3 is 2.45 bits per heavy atom. The van der Waals surface area contributed by atoms with E-state index in [2.05, 4.69) is 29.8 Å². The van der Waals surface area contributed by atoms with Crippen molar-refractivity contribution in [1.29, 1.82) is 0 Å². The molecular formula is C13H21BrN2O2S2. The standard InChI is InChI=1S/C13H21BrN2O2S2/c1-10-6-11(2)8-16(7-10)20(17,18)15(3)9-12-4-5-13(14)19-12/h4-5,10-11H,6-9H2,1-3H3. The molecule has 1 aliphatic heterocycles. The molecule has 0 saturated carbocycles. The zero-order valence-electron chi connectivity index (χ0n) is 12.0. The van der Waals surface area contributed by atoms with Crippen LogP contribution >= 0.6 is 27.3 Å². The molecule has 0 bridgehead atoms. The van der Waals surface area contributed by atoms with Gasteiger partial charge in [0.25, 0.3) is 10.2 Å². The monoisotopic (exact) mass is 380 g/mol. The average molecular weight is 381 g/mol. The normalized spacial score (nSPS) is 25.2. The lowest BCUT2D eigenvalue weighted by Gasteiger charge is -2.36. The van der Waals surface area contributed by atoms with Crippen LogP contribution in [0.1, 0.15) is 25.1 Å². The summed E-state index contributed by atoms with van der Waals surface area (Å²) in [6, 6.07) is 3.91. The molecule has 114 valence electrons. The summed E-state index contributed by atoms with van der Waals surface area (Å²) in [4.78, 5) is 1.04. The molecule has 2 rings (SSSR count). The van der Waals surface area contributed by atoms with Crippen molar-refractivity contribution >= 4 is 37.5 Å². The lowest BCUT2D eigenvalue weighted by Crippen LogP contribution is -2.48. The second kappa shape index (κ2) is 6.44. The fourth-order valence-corrected chi connectivity index (χ4v) is 5.93. The van der Waals surface area contributed by atoms with E-state index in [0.29, 0.717) is 31.5 Å². The zero-order chi connectivity index (χ0) is 14.9. The Morgan fingerprint density at radius 2 is 1.95 bits per heavy atom. The number of piperidine rings is 1. The predicted molar refractivity (Wildman–Crippen MR) is 86.9 cm³/mol. The van der Waals surface area contributed by atoms with Crippen LogP contribution in [-0.2, 0) is 16.8 Å². The van der Waals surface area contributed by atoms with E-state index in [4.69, 9.17) is 0 Å². The quantitative estimate of drug-likeness (QED) is 0.804. The van der Waals surface area contributed by atoms with Gasteiger partial charge in [-0.3, -0.25) is 0 Å². The van der Waals surface area contributed by atoms with E-state index >= 15 is 0 Å². The average Bonchev–Trinajstić information content (AvgIpc) is 2.73. The first-order valence-electron chi connectivity index (χ1n) is 6.74. The van der Waals surface area contributed by atoms with Crippen molar-refractivity contribution in [3.63, 3.8) is 0 Å². The highest BCUT2D eigenvalue weighted by molar-refractivity contribution is 9.11. The Bertz CT molecular complexity index is 548. The molecule has 20 heavy (non-hydrogen) atoms. The molecule has 4 nitrogen and oxygen atoms in total. The van der Waals surface area contributed by atoms with E-state index in [-0.39, 0.29) is 0 Å². The van der Waals surface area contributed by atoms with Crippen LogP contribution in [0.2, 0.25) is 0 Å². The Morgan fingerprint density at radius 1 is 1.35 bits per heavy atom. The summed E-state index contributed by atoms with van der Waals surface area (Å²) in [5, 5.41) is 0. The Hall–Kier alpha value is 0.0500. The van der Waals surface area contributed by atoms with E-state index < -0.39 is 10.2 Å². The van der Waals surface area contributed by atoms with Gasteiger partial charge in [-0.25, -0.2) is 0 Å². The van der Waals surface area contributed by atoms with Crippen molar-refractivity contribution in [3.8, 4) is 0 Å². The topological polar surface area (TPSA) is 40.6 Å². The van der Waals surface area contributed by atoms with Gasteiger partial charge in [-0.1, -0.05) is 13.8 Å². The van der Waals surface area contributed by atoms with Crippen molar-refractivity contribution < 1.29 is 8.42 Å². The number of rotatable bonds is 4. The van der Waals surface area contributed by atoms with Gasteiger partial charge in [-0.05, 0) is 46.3 Å². The molecule has 0 amide bonds. The molecule has 1 aliphatic rings. The van der Waals surface area contributed by atoms with Crippen LogP contribution in [0.15, 0.2) is 15.9 Å². The maximum Gasteiger partial charge on any atom is 0.282 e. The third-order valence-electron chi connectivity index (χ3n) is 3.56. The molecule has 0 N–H and O–H groups in total. The number of nitrogens with zero attached hydrogens (tertiary/aromatic N) is 2. The van der Waals surface area contributed by atoms with E-state index in [9.17, 15) is 8.42 Å². The van der Waals surface area contributed by atoms with Crippen molar-refractivity contribution in [3.05, 3.63) is 20.8 Å². The molecule has 0 aromatic carbocycles. The maximum absolute atomic E-state index is 12.6. The summed E-state index contributed by atoms with van der Waals surface area (Å²) in [5.74, 6) is 0.857. The summed E-state index contributed by atoms with van der Waals surface area (Å²) >= 11 is 4.98. The minimum absolute atomic E-state index is 0.428.